The normalized spacial score (nSPS) is 21.3. The van der Waals surface area contributed by atoms with Gasteiger partial charge in [0.2, 0.25) is 11.8 Å². The number of nitrogens with zero attached hydrogens (tertiary/aromatic N) is 4. The molecule has 0 unspecified atom stereocenters. The van der Waals surface area contributed by atoms with Gasteiger partial charge in [-0.1, -0.05) is 6.07 Å². The number of rotatable bonds is 5. The number of piperazine rings is 1. The lowest BCUT2D eigenvalue weighted by Crippen LogP contribution is -2.47. The fraction of sp³-hybridized carbons (Fsp3) is 0.650. The fourth-order valence-corrected chi connectivity index (χ4v) is 3.91. The molecule has 1 aromatic heterocycles. The maximum absolute atomic E-state index is 12.6. The molecule has 0 saturated carbocycles. The largest absolute Gasteiger partial charge is 0.341 e. The van der Waals surface area contributed by atoms with Crippen LogP contribution >= 0.6 is 0 Å². The highest BCUT2D eigenvalue weighted by atomic mass is 16.2. The third-order valence-electron chi connectivity index (χ3n) is 5.70. The van der Waals surface area contributed by atoms with E-state index in [9.17, 15) is 14.4 Å². The molecule has 0 radical (unpaired) electrons. The molecule has 1 aromatic rings. The predicted molar refractivity (Wildman–Crippen MR) is 103 cm³/mol. The molecule has 3 heterocycles. The van der Waals surface area contributed by atoms with E-state index >= 15 is 0 Å². The number of carbonyl (C=O) groups excluding carboxylic acids is 2. The van der Waals surface area contributed by atoms with Crippen LogP contribution in [-0.4, -0.2) is 77.4 Å². The van der Waals surface area contributed by atoms with Crippen molar-refractivity contribution in [1.82, 2.24) is 19.3 Å². The topological polar surface area (TPSA) is 65.9 Å². The summed E-state index contributed by atoms with van der Waals surface area (Å²) in [7, 11) is 2.08. The van der Waals surface area contributed by atoms with Crippen molar-refractivity contribution < 1.29 is 9.59 Å². The Morgan fingerprint density at radius 1 is 1.04 bits per heavy atom. The summed E-state index contributed by atoms with van der Waals surface area (Å²) in [5.74, 6) is 0.590. The van der Waals surface area contributed by atoms with Crippen LogP contribution < -0.4 is 5.56 Å². The fourth-order valence-electron chi connectivity index (χ4n) is 3.91. The number of amides is 2. The quantitative estimate of drug-likeness (QED) is 0.759. The van der Waals surface area contributed by atoms with E-state index in [1.165, 1.54) is 10.6 Å². The Kier molecular flexibility index (Phi) is 6.66. The molecule has 7 nitrogen and oxygen atoms in total. The van der Waals surface area contributed by atoms with Crippen LogP contribution in [0.15, 0.2) is 29.2 Å². The molecule has 2 amide bonds. The molecule has 0 N–H and O–H groups in total. The minimum atomic E-state index is -0.155. The molecule has 2 aliphatic rings. The van der Waals surface area contributed by atoms with Crippen molar-refractivity contribution in [1.29, 1.82) is 0 Å². The number of likely N-dealkylation sites (tertiary alicyclic amines) is 1. The van der Waals surface area contributed by atoms with E-state index in [0.29, 0.717) is 18.9 Å². The first-order valence-electron chi connectivity index (χ1n) is 9.92. The summed E-state index contributed by atoms with van der Waals surface area (Å²) in [5, 5.41) is 0. The second-order valence-corrected chi connectivity index (χ2v) is 7.74. The SMILES string of the molecule is CN1CCN(C(=O)CC[C@H]2CCCN(C(=O)Cn3ccccc3=O)C2)CC1. The number of pyridine rings is 1. The highest BCUT2D eigenvalue weighted by molar-refractivity contribution is 5.77. The summed E-state index contributed by atoms with van der Waals surface area (Å²) in [5.41, 5.74) is -0.155. The highest BCUT2D eigenvalue weighted by Gasteiger charge is 2.25. The van der Waals surface area contributed by atoms with Crippen molar-refractivity contribution >= 4 is 11.8 Å². The Morgan fingerprint density at radius 2 is 1.81 bits per heavy atom. The first kappa shape index (κ1) is 19.6. The zero-order valence-electron chi connectivity index (χ0n) is 16.2. The molecular weight excluding hydrogens is 344 g/mol. The third-order valence-corrected chi connectivity index (χ3v) is 5.70. The van der Waals surface area contributed by atoms with Gasteiger partial charge in [-0.3, -0.25) is 14.4 Å². The summed E-state index contributed by atoms with van der Waals surface area (Å²) in [4.78, 5) is 42.9. The van der Waals surface area contributed by atoms with E-state index < -0.39 is 0 Å². The van der Waals surface area contributed by atoms with Crippen LogP contribution in [0.25, 0.3) is 0 Å². The predicted octanol–water partition coefficient (Wildman–Crippen LogP) is 0.641. The third kappa shape index (κ3) is 5.42. The van der Waals surface area contributed by atoms with Gasteiger partial charge in [0.1, 0.15) is 6.54 Å². The van der Waals surface area contributed by atoms with Crippen molar-refractivity contribution in [2.24, 2.45) is 5.92 Å². The van der Waals surface area contributed by atoms with Crippen LogP contribution in [0.5, 0.6) is 0 Å². The second-order valence-electron chi connectivity index (χ2n) is 7.74. The maximum atomic E-state index is 12.6. The summed E-state index contributed by atoms with van der Waals surface area (Å²) in [6.45, 7) is 5.03. The summed E-state index contributed by atoms with van der Waals surface area (Å²) in [6.07, 6.45) is 5.07. The van der Waals surface area contributed by atoms with Gasteiger partial charge in [0.15, 0.2) is 0 Å². The average Bonchev–Trinajstić information content (AvgIpc) is 2.68. The van der Waals surface area contributed by atoms with Gasteiger partial charge in [-0.05, 0) is 38.3 Å². The van der Waals surface area contributed by atoms with Crippen LogP contribution in [0.2, 0.25) is 0 Å². The van der Waals surface area contributed by atoms with E-state index in [2.05, 4.69) is 11.9 Å². The van der Waals surface area contributed by atoms with Gasteiger partial charge in [-0.15, -0.1) is 0 Å². The minimum absolute atomic E-state index is 0.0154. The molecule has 7 heteroatoms. The van der Waals surface area contributed by atoms with E-state index in [-0.39, 0.29) is 23.9 Å². The van der Waals surface area contributed by atoms with Crippen molar-refractivity contribution in [3.05, 3.63) is 34.7 Å². The van der Waals surface area contributed by atoms with E-state index in [1.807, 2.05) is 9.80 Å². The molecule has 148 valence electrons. The van der Waals surface area contributed by atoms with Gasteiger partial charge in [0.25, 0.3) is 5.56 Å². The van der Waals surface area contributed by atoms with E-state index in [0.717, 1.165) is 52.0 Å². The summed E-state index contributed by atoms with van der Waals surface area (Å²) >= 11 is 0. The maximum Gasteiger partial charge on any atom is 0.250 e. The highest BCUT2D eigenvalue weighted by Crippen LogP contribution is 2.22. The molecule has 2 saturated heterocycles. The smallest absolute Gasteiger partial charge is 0.250 e. The first-order valence-corrected chi connectivity index (χ1v) is 9.92. The number of aromatic nitrogens is 1. The lowest BCUT2D eigenvalue weighted by atomic mass is 9.93. The Labute approximate surface area is 160 Å². The standard InChI is InChI=1S/C20H30N4O3/c1-21-11-13-22(14-12-21)19(26)8-7-17-5-4-10-23(15-17)20(27)16-24-9-3-2-6-18(24)25/h2-3,6,9,17H,4-5,7-8,10-16H2,1H3/t17-/m1/s1. The zero-order chi connectivity index (χ0) is 19.2. The van der Waals surface area contributed by atoms with E-state index in [4.69, 9.17) is 0 Å². The van der Waals surface area contributed by atoms with Crippen LogP contribution in [-0.2, 0) is 16.1 Å². The molecule has 0 spiro atoms. The molecular formula is C20H30N4O3. The minimum Gasteiger partial charge on any atom is -0.341 e. The Balaban J connectivity index is 1.46. The Bertz CT molecular complexity index is 709. The monoisotopic (exact) mass is 374 g/mol. The number of carbonyl (C=O) groups is 2. The average molecular weight is 374 g/mol. The molecule has 0 aliphatic carbocycles. The second kappa shape index (κ2) is 9.17. The van der Waals surface area contributed by atoms with Crippen LogP contribution in [0.1, 0.15) is 25.7 Å². The summed E-state index contributed by atoms with van der Waals surface area (Å²) < 4.78 is 1.45. The molecule has 0 bridgehead atoms. The Hall–Kier alpha value is -2.15. The van der Waals surface area contributed by atoms with Crippen molar-refractivity contribution in [3.8, 4) is 0 Å². The molecule has 27 heavy (non-hydrogen) atoms. The summed E-state index contributed by atoms with van der Waals surface area (Å²) in [6, 6.07) is 4.91. The number of piperidine rings is 1. The number of hydrogen-bond acceptors (Lipinski definition) is 4. The molecule has 2 fully saturated rings. The van der Waals surface area contributed by atoms with Gasteiger partial charge in [0, 0.05) is 58.0 Å². The van der Waals surface area contributed by atoms with Gasteiger partial charge < -0.3 is 19.3 Å². The molecule has 1 atom stereocenters. The van der Waals surface area contributed by atoms with Crippen molar-refractivity contribution in [2.45, 2.75) is 32.2 Å². The van der Waals surface area contributed by atoms with Gasteiger partial charge in [0.05, 0.1) is 0 Å². The van der Waals surface area contributed by atoms with Crippen LogP contribution in [0.4, 0.5) is 0 Å². The van der Waals surface area contributed by atoms with Gasteiger partial charge in [-0.25, -0.2) is 0 Å². The van der Waals surface area contributed by atoms with Crippen molar-refractivity contribution in [3.63, 3.8) is 0 Å². The van der Waals surface area contributed by atoms with Gasteiger partial charge >= 0.3 is 0 Å². The Morgan fingerprint density at radius 3 is 2.56 bits per heavy atom. The number of likely N-dealkylation sites (N-methyl/N-ethyl adjacent to an activating group) is 1. The van der Waals surface area contributed by atoms with E-state index in [1.54, 1.807) is 18.3 Å². The van der Waals surface area contributed by atoms with Crippen LogP contribution in [0.3, 0.4) is 0 Å². The molecule has 2 aliphatic heterocycles. The zero-order valence-corrected chi connectivity index (χ0v) is 16.2. The molecule has 0 aromatic carbocycles. The lowest BCUT2D eigenvalue weighted by Gasteiger charge is -2.34. The number of hydrogen-bond donors (Lipinski definition) is 0. The van der Waals surface area contributed by atoms with Crippen molar-refractivity contribution in [2.75, 3.05) is 46.3 Å². The molecule has 3 rings (SSSR count). The first-order chi connectivity index (χ1) is 13.0. The van der Waals surface area contributed by atoms with Gasteiger partial charge in [-0.2, -0.15) is 0 Å². The lowest BCUT2D eigenvalue weighted by molar-refractivity contribution is -0.134. The van der Waals surface area contributed by atoms with Crippen LogP contribution in [0, 0.1) is 5.92 Å².